The smallest absolute Gasteiger partial charge is 0.248 e. The average Bonchev–Trinajstić information content (AvgIpc) is 2.91. The lowest BCUT2D eigenvalue weighted by atomic mass is 10.1. The van der Waals surface area contributed by atoms with Crippen molar-refractivity contribution in [2.45, 2.75) is 39.4 Å². The summed E-state index contributed by atoms with van der Waals surface area (Å²) in [5, 5.41) is 7.83. The van der Waals surface area contributed by atoms with E-state index < -0.39 is 5.91 Å². The molecule has 2 rings (SSSR count). The molecule has 112 valence electrons. The molecular formula is C16H22N4O. The Hall–Kier alpha value is -2.14. The number of amides is 1. The molecule has 0 spiro atoms. The lowest BCUT2D eigenvalue weighted by Crippen LogP contribution is -2.33. The minimum absolute atomic E-state index is 0.267. The van der Waals surface area contributed by atoms with E-state index in [-0.39, 0.29) is 12.1 Å². The highest BCUT2D eigenvalue weighted by Gasteiger charge is 2.14. The first-order valence-electron chi connectivity index (χ1n) is 7.10. The molecule has 21 heavy (non-hydrogen) atoms. The summed E-state index contributed by atoms with van der Waals surface area (Å²) in [6.45, 7) is 7.05. The molecule has 0 bridgehead atoms. The van der Waals surface area contributed by atoms with Crippen molar-refractivity contribution in [1.29, 1.82) is 0 Å². The number of hydrogen-bond acceptors (Lipinski definition) is 3. The van der Waals surface area contributed by atoms with Crippen LogP contribution in [0.4, 0.5) is 0 Å². The summed E-state index contributed by atoms with van der Waals surface area (Å²) in [7, 11) is 0. The van der Waals surface area contributed by atoms with Crippen LogP contribution in [-0.4, -0.2) is 21.7 Å². The third-order valence-corrected chi connectivity index (χ3v) is 3.74. The lowest BCUT2D eigenvalue weighted by Gasteiger charge is -2.22. The van der Waals surface area contributed by atoms with Crippen molar-refractivity contribution < 1.29 is 4.79 Å². The minimum Gasteiger partial charge on any atom is -0.366 e. The van der Waals surface area contributed by atoms with Crippen LogP contribution in [0.5, 0.6) is 0 Å². The molecule has 5 heteroatoms. The largest absolute Gasteiger partial charge is 0.366 e. The van der Waals surface area contributed by atoms with Gasteiger partial charge in [0.2, 0.25) is 5.91 Å². The molecule has 1 aromatic heterocycles. The van der Waals surface area contributed by atoms with Crippen LogP contribution in [0, 0.1) is 6.92 Å². The van der Waals surface area contributed by atoms with Crippen LogP contribution in [0.15, 0.2) is 36.7 Å². The highest BCUT2D eigenvalue weighted by Crippen LogP contribution is 2.12. The van der Waals surface area contributed by atoms with Crippen LogP contribution < -0.4 is 11.1 Å². The van der Waals surface area contributed by atoms with E-state index in [1.165, 1.54) is 0 Å². The molecule has 0 saturated carbocycles. The monoisotopic (exact) mass is 286 g/mol. The first-order chi connectivity index (χ1) is 9.97. The number of nitrogens with one attached hydrogen (secondary N) is 1. The van der Waals surface area contributed by atoms with E-state index in [0.717, 1.165) is 17.7 Å². The molecule has 0 fully saturated rings. The van der Waals surface area contributed by atoms with Gasteiger partial charge in [-0.2, -0.15) is 5.10 Å². The highest BCUT2D eigenvalue weighted by atomic mass is 16.1. The predicted octanol–water partition coefficient (Wildman–Crippen LogP) is 2.03. The molecule has 0 aliphatic heterocycles. The summed E-state index contributed by atoms with van der Waals surface area (Å²) in [6, 6.07) is 7.89. The summed E-state index contributed by atoms with van der Waals surface area (Å²) >= 11 is 0. The van der Waals surface area contributed by atoms with Crippen LogP contribution in [-0.2, 0) is 6.54 Å². The van der Waals surface area contributed by atoms with Crippen LogP contribution in [0.25, 0.3) is 0 Å². The quantitative estimate of drug-likeness (QED) is 0.853. The average molecular weight is 286 g/mol. The van der Waals surface area contributed by atoms with Crippen molar-refractivity contribution in [2.75, 3.05) is 0 Å². The fraction of sp³-hybridized carbons (Fsp3) is 0.375. The topological polar surface area (TPSA) is 72.9 Å². The van der Waals surface area contributed by atoms with Gasteiger partial charge in [-0.1, -0.05) is 12.1 Å². The fourth-order valence-corrected chi connectivity index (χ4v) is 2.12. The standard InChI is InChI=1S/C16H22N4O/c1-11-8-19-20(10-11)13(3)12(2)18-9-14-4-6-15(7-5-14)16(17)21/h4-8,10,12-13,18H,9H2,1-3H3,(H2,17,21)/t12-,13+/m0/s1. The molecule has 0 aliphatic carbocycles. The van der Waals surface area contributed by atoms with E-state index in [2.05, 4.69) is 24.3 Å². The summed E-state index contributed by atoms with van der Waals surface area (Å²) < 4.78 is 1.98. The van der Waals surface area contributed by atoms with Gasteiger partial charge < -0.3 is 11.1 Å². The van der Waals surface area contributed by atoms with E-state index >= 15 is 0 Å². The molecule has 0 saturated heterocycles. The van der Waals surface area contributed by atoms with E-state index in [1.807, 2.05) is 36.1 Å². The number of aryl methyl sites for hydroxylation is 1. The van der Waals surface area contributed by atoms with Crippen molar-refractivity contribution >= 4 is 5.91 Å². The Balaban J connectivity index is 1.91. The molecule has 1 aromatic carbocycles. The maximum absolute atomic E-state index is 11.0. The Morgan fingerprint density at radius 2 is 2.00 bits per heavy atom. The summed E-state index contributed by atoms with van der Waals surface area (Å²) in [5.41, 5.74) is 8.05. The summed E-state index contributed by atoms with van der Waals surface area (Å²) in [4.78, 5) is 11.0. The molecule has 2 aromatic rings. The SMILES string of the molecule is Cc1cnn([C@H](C)[C@H](C)NCc2ccc(C(N)=O)cc2)c1. The number of carbonyl (C=O) groups excluding carboxylic acids is 1. The van der Waals surface area contributed by atoms with E-state index in [4.69, 9.17) is 5.73 Å². The van der Waals surface area contributed by atoms with Crippen LogP contribution in [0.1, 0.15) is 41.4 Å². The van der Waals surface area contributed by atoms with Gasteiger partial charge in [-0.15, -0.1) is 0 Å². The number of rotatable bonds is 6. The Kier molecular flexibility index (Phi) is 4.75. The third-order valence-electron chi connectivity index (χ3n) is 3.74. The fourth-order valence-electron chi connectivity index (χ4n) is 2.12. The van der Waals surface area contributed by atoms with Gasteiger partial charge >= 0.3 is 0 Å². The van der Waals surface area contributed by atoms with Gasteiger partial charge in [-0.05, 0) is 44.0 Å². The van der Waals surface area contributed by atoms with Gasteiger partial charge in [0.1, 0.15) is 0 Å². The van der Waals surface area contributed by atoms with Crippen molar-refractivity contribution in [1.82, 2.24) is 15.1 Å². The number of benzene rings is 1. The number of nitrogens with zero attached hydrogens (tertiary/aromatic N) is 2. The number of aromatic nitrogens is 2. The van der Waals surface area contributed by atoms with Gasteiger partial charge in [0.15, 0.2) is 0 Å². The van der Waals surface area contributed by atoms with Crippen LogP contribution in [0.3, 0.4) is 0 Å². The Morgan fingerprint density at radius 3 is 2.52 bits per heavy atom. The lowest BCUT2D eigenvalue weighted by molar-refractivity contribution is 0.100. The molecule has 5 nitrogen and oxygen atoms in total. The first-order valence-corrected chi connectivity index (χ1v) is 7.10. The number of hydrogen-bond donors (Lipinski definition) is 2. The molecule has 3 N–H and O–H groups in total. The van der Waals surface area contributed by atoms with Gasteiger partial charge in [0.05, 0.1) is 12.2 Å². The first kappa shape index (κ1) is 15.3. The predicted molar refractivity (Wildman–Crippen MR) is 82.9 cm³/mol. The van der Waals surface area contributed by atoms with Crippen molar-refractivity contribution in [3.8, 4) is 0 Å². The van der Waals surface area contributed by atoms with E-state index in [0.29, 0.717) is 5.56 Å². The second-order valence-corrected chi connectivity index (χ2v) is 5.47. The maximum atomic E-state index is 11.0. The normalized spacial score (nSPS) is 13.9. The van der Waals surface area contributed by atoms with Gasteiger partial charge in [-0.3, -0.25) is 9.48 Å². The molecule has 0 radical (unpaired) electrons. The van der Waals surface area contributed by atoms with E-state index in [1.54, 1.807) is 12.1 Å². The Labute approximate surface area is 125 Å². The van der Waals surface area contributed by atoms with Gasteiger partial charge in [-0.25, -0.2) is 0 Å². The van der Waals surface area contributed by atoms with Crippen LogP contribution >= 0.6 is 0 Å². The molecule has 0 unspecified atom stereocenters. The van der Waals surface area contributed by atoms with Gasteiger partial charge in [0, 0.05) is 24.3 Å². The zero-order valence-electron chi connectivity index (χ0n) is 12.7. The number of nitrogens with two attached hydrogens (primary N) is 1. The molecule has 2 atom stereocenters. The van der Waals surface area contributed by atoms with Crippen molar-refractivity contribution in [3.05, 3.63) is 53.3 Å². The summed E-state index contributed by atoms with van der Waals surface area (Å²) in [6.07, 6.45) is 3.91. The summed E-state index contributed by atoms with van der Waals surface area (Å²) in [5.74, 6) is -0.398. The van der Waals surface area contributed by atoms with Crippen molar-refractivity contribution in [3.63, 3.8) is 0 Å². The maximum Gasteiger partial charge on any atom is 0.248 e. The molecule has 1 amide bonds. The Morgan fingerprint density at radius 1 is 1.33 bits per heavy atom. The van der Waals surface area contributed by atoms with Crippen molar-refractivity contribution in [2.24, 2.45) is 5.73 Å². The minimum atomic E-state index is -0.398. The number of primary amides is 1. The second-order valence-electron chi connectivity index (χ2n) is 5.47. The zero-order valence-corrected chi connectivity index (χ0v) is 12.7. The van der Waals surface area contributed by atoms with E-state index in [9.17, 15) is 4.79 Å². The number of carbonyl (C=O) groups is 1. The third kappa shape index (κ3) is 3.92. The highest BCUT2D eigenvalue weighted by molar-refractivity contribution is 5.92. The molecule has 0 aliphatic rings. The Bertz CT molecular complexity index is 603. The van der Waals surface area contributed by atoms with Crippen LogP contribution in [0.2, 0.25) is 0 Å². The molecular weight excluding hydrogens is 264 g/mol. The second kappa shape index (κ2) is 6.54. The zero-order chi connectivity index (χ0) is 15.4. The van der Waals surface area contributed by atoms with Gasteiger partial charge in [0.25, 0.3) is 0 Å². The molecule has 1 heterocycles.